The first-order chi connectivity index (χ1) is 20.6. The summed E-state index contributed by atoms with van der Waals surface area (Å²) in [5.74, 6) is 1.04. The van der Waals surface area contributed by atoms with Gasteiger partial charge in [0.05, 0.1) is 0 Å². The van der Waals surface area contributed by atoms with Gasteiger partial charge in [0.1, 0.15) is 0 Å². The van der Waals surface area contributed by atoms with Crippen LogP contribution in [0.25, 0.3) is 0 Å². The lowest BCUT2D eigenvalue weighted by Gasteiger charge is -2.32. The number of fused-ring (bicyclic) bond motifs is 2. The summed E-state index contributed by atoms with van der Waals surface area (Å²) in [5.41, 5.74) is 8.20. The minimum atomic E-state index is 0.145. The Balaban J connectivity index is 0.000000168. The zero-order valence-corrected chi connectivity index (χ0v) is 24.8. The van der Waals surface area contributed by atoms with Crippen molar-refractivity contribution in [3.63, 3.8) is 0 Å². The highest BCUT2D eigenvalue weighted by molar-refractivity contribution is 5.76. The topological polar surface area (TPSA) is 58.2 Å². The standard InChI is InChI=1S/2C19H21NO/c2*1-2-19(21)20-16-12-15-10-6-7-11-17(15)18(13-16)14-8-4-3-5-9-14/h2*3-11,16,18H,2,12-13H2,1H3,(H,20,21). The first-order valence-electron chi connectivity index (χ1n) is 15.4. The molecule has 0 spiro atoms. The molecule has 2 aliphatic rings. The first kappa shape index (κ1) is 29.3. The van der Waals surface area contributed by atoms with Crippen LogP contribution in [0.2, 0.25) is 0 Å². The van der Waals surface area contributed by atoms with Crippen LogP contribution < -0.4 is 10.6 Å². The third kappa shape index (κ3) is 7.17. The van der Waals surface area contributed by atoms with Crippen LogP contribution in [0.3, 0.4) is 0 Å². The lowest BCUT2D eigenvalue weighted by Crippen LogP contribution is -2.39. The zero-order chi connectivity index (χ0) is 29.3. The zero-order valence-electron chi connectivity index (χ0n) is 24.8. The molecule has 0 saturated heterocycles. The molecule has 0 aromatic heterocycles. The van der Waals surface area contributed by atoms with E-state index in [-0.39, 0.29) is 23.9 Å². The Morgan fingerprint density at radius 1 is 0.548 bits per heavy atom. The second-order valence-corrected chi connectivity index (χ2v) is 11.4. The Kier molecular flexibility index (Phi) is 9.86. The van der Waals surface area contributed by atoms with E-state index in [1.807, 2.05) is 13.8 Å². The molecule has 4 heteroatoms. The molecule has 4 atom stereocenters. The summed E-state index contributed by atoms with van der Waals surface area (Å²) in [6.45, 7) is 3.81. The smallest absolute Gasteiger partial charge is 0.219 e. The summed E-state index contributed by atoms with van der Waals surface area (Å²) in [7, 11) is 0. The Bertz CT molecular complexity index is 1350. The van der Waals surface area contributed by atoms with Crippen molar-refractivity contribution < 1.29 is 9.59 Å². The summed E-state index contributed by atoms with van der Waals surface area (Å²) >= 11 is 0. The van der Waals surface area contributed by atoms with Crippen molar-refractivity contribution in [1.29, 1.82) is 0 Å². The fraction of sp³-hybridized carbons (Fsp3) is 0.316. The van der Waals surface area contributed by atoms with Crippen molar-refractivity contribution in [2.75, 3.05) is 0 Å². The molecule has 4 aromatic carbocycles. The van der Waals surface area contributed by atoms with Crippen molar-refractivity contribution in [1.82, 2.24) is 10.6 Å². The van der Waals surface area contributed by atoms with E-state index in [0.717, 1.165) is 25.7 Å². The molecule has 0 heterocycles. The summed E-state index contributed by atoms with van der Waals surface area (Å²) in [5, 5.41) is 6.34. The maximum Gasteiger partial charge on any atom is 0.219 e. The number of hydrogen-bond acceptors (Lipinski definition) is 2. The monoisotopic (exact) mass is 558 g/mol. The van der Waals surface area contributed by atoms with E-state index in [4.69, 9.17) is 0 Å². The highest BCUT2D eigenvalue weighted by atomic mass is 16.2. The van der Waals surface area contributed by atoms with Crippen LogP contribution in [-0.2, 0) is 22.4 Å². The van der Waals surface area contributed by atoms with Gasteiger partial charge in [-0.15, -0.1) is 0 Å². The number of benzene rings is 4. The third-order valence-electron chi connectivity index (χ3n) is 8.61. The van der Waals surface area contributed by atoms with Crippen molar-refractivity contribution in [2.45, 2.75) is 76.3 Å². The Morgan fingerprint density at radius 3 is 1.29 bits per heavy atom. The van der Waals surface area contributed by atoms with Gasteiger partial charge in [-0.1, -0.05) is 123 Å². The molecule has 4 nitrogen and oxygen atoms in total. The predicted octanol–water partition coefficient (Wildman–Crippen LogP) is 7.32. The van der Waals surface area contributed by atoms with Gasteiger partial charge in [0.25, 0.3) is 0 Å². The highest BCUT2D eigenvalue weighted by Gasteiger charge is 2.29. The van der Waals surface area contributed by atoms with Crippen LogP contribution in [0.4, 0.5) is 0 Å². The fourth-order valence-corrected chi connectivity index (χ4v) is 6.52. The van der Waals surface area contributed by atoms with E-state index < -0.39 is 0 Å². The van der Waals surface area contributed by atoms with Crippen LogP contribution in [0.1, 0.15) is 84.7 Å². The minimum Gasteiger partial charge on any atom is -0.353 e. The molecule has 216 valence electrons. The molecule has 0 bridgehead atoms. The molecule has 2 aliphatic carbocycles. The molecule has 2 N–H and O–H groups in total. The van der Waals surface area contributed by atoms with Crippen LogP contribution in [0, 0.1) is 0 Å². The Morgan fingerprint density at radius 2 is 0.905 bits per heavy atom. The molecular weight excluding hydrogens is 516 g/mol. The average molecular weight is 559 g/mol. The van der Waals surface area contributed by atoms with Gasteiger partial charge in [-0.25, -0.2) is 0 Å². The quantitative estimate of drug-likeness (QED) is 0.261. The maximum atomic E-state index is 11.7. The summed E-state index contributed by atoms with van der Waals surface area (Å²) in [6.07, 6.45) is 4.93. The van der Waals surface area contributed by atoms with Gasteiger partial charge in [0.15, 0.2) is 0 Å². The molecule has 0 fully saturated rings. The van der Waals surface area contributed by atoms with Crippen molar-refractivity contribution in [3.8, 4) is 0 Å². The van der Waals surface area contributed by atoms with E-state index >= 15 is 0 Å². The molecule has 6 rings (SSSR count). The second-order valence-electron chi connectivity index (χ2n) is 11.4. The van der Waals surface area contributed by atoms with Gasteiger partial charge >= 0.3 is 0 Å². The molecule has 0 saturated carbocycles. The molecular formula is C38H42N2O2. The van der Waals surface area contributed by atoms with Gasteiger partial charge < -0.3 is 10.6 Å². The minimum absolute atomic E-state index is 0.145. The molecule has 4 unspecified atom stereocenters. The van der Waals surface area contributed by atoms with Crippen LogP contribution in [-0.4, -0.2) is 23.9 Å². The van der Waals surface area contributed by atoms with Crippen LogP contribution in [0.15, 0.2) is 109 Å². The van der Waals surface area contributed by atoms with Crippen molar-refractivity contribution in [3.05, 3.63) is 143 Å². The van der Waals surface area contributed by atoms with E-state index in [2.05, 4.69) is 120 Å². The number of carbonyl (C=O) groups is 2. The van der Waals surface area contributed by atoms with E-state index in [9.17, 15) is 9.59 Å². The first-order valence-corrected chi connectivity index (χ1v) is 15.4. The predicted molar refractivity (Wildman–Crippen MR) is 171 cm³/mol. The maximum absolute atomic E-state index is 11.7. The Hall–Kier alpha value is -4.18. The SMILES string of the molecule is CCC(=O)NC1Cc2ccccc2C(c2ccccc2)C1.CCC(=O)NC1Cc2ccccc2C(c2ccccc2)C1. The number of carbonyl (C=O) groups excluding carboxylic acids is 2. The van der Waals surface area contributed by atoms with E-state index in [0.29, 0.717) is 24.7 Å². The van der Waals surface area contributed by atoms with Crippen molar-refractivity contribution in [2.24, 2.45) is 0 Å². The van der Waals surface area contributed by atoms with Gasteiger partial charge in [0.2, 0.25) is 11.8 Å². The van der Waals surface area contributed by atoms with E-state index in [1.54, 1.807) is 0 Å². The average Bonchev–Trinajstić information content (AvgIpc) is 3.05. The fourth-order valence-electron chi connectivity index (χ4n) is 6.52. The second kappa shape index (κ2) is 14.1. The number of rotatable bonds is 6. The third-order valence-corrected chi connectivity index (χ3v) is 8.61. The molecule has 2 amide bonds. The number of hydrogen-bond donors (Lipinski definition) is 2. The van der Waals surface area contributed by atoms with Gasteiger partial charge in [-0.2, -0.15) is 0 Å². The highest BCUT2D eigenvalue weighted by Crippen LogP contribution is 2.37. The number of nitrogens with one attached hydrogen (secondary N) is 2. The number of amides is 2. The molecule has 0 aliphatic heterocycles. The van der Waals surface area contributed by atoms with Gasteiger partial charge in [-0.3, -0.25) is 9.59 Å². The largest absolute Gasteiger partial charge is 0.353 e. The normalized spacial score (nSPS) is 20.6. The molecule has 4 aromatic rings. The lowest BCUT2D eigenvalue weighted by atomic mass is 9.76. The lowest BCUT2D eigenvalue weighted by molar-refractivity contribution is -0.122. The summed E-state index contributed by atoms with van der Waals surface area (Å²) < 4.78 is 0. The van der Waals surface area contributed by atoms with E-state index in [1.165, 1.54) is 33.4 Å². The van der Waals surface area contributed by atoms with Gasteiger partial charge in [-0.05, 0) is 59.1 Å². The van der Waals surface area contributed by atoms with Crippen LogP contribution >= 0.6 is 0 Å². The summed E-state index contributed by atoms with van der Waals surface area (Å²) in [6, 6.07) is 38.9. The Labute approximate surface area is 250 Å². The van der Waals surface area contributed by atoms with Crippen LogP contribution in [0.5, 0.6) is 0 Å². The summed E-state index contributed by atoms with van der Waals surface area (Å²) in [4.78, 5) is 23.4. The molecule has 42 heavy (non-hydrogen) atoms. The van der Waals surface area contributed by atoms with Crippen molar-refractivity contribution >= 4 is 11.8 Å². The molecule has 0 radical (unpaired) electrons. The van der Waals surface area contributed by atoms with Gasteiger partial charge in [0, 0.05) is 36.8 Å².